The van der Waals surface area contributed by atoms with E-state index in [0.717, 1.165) is 25.7 Å². The van der Waals surface area contributed by atoms with Crippen LogP contribution in [0, 0.1) is 5.92 Å². The molecule has 2 nitrogen and oxygen atoms in total. The number of nitrogens with two attached hydrogens (primary N) is 1. The van der Waals surface area contributed by atoms with Crippen LogP contribution in [0.15, 0.2) is 24.8 Å². The Kier molecular flexibility index (Phi) is 14.6. The van der Waals surface area contributed by atoms with E-state index in [1.165, 1.54) is 51.4 Å². The summed E-state index contributed by atoms with van der Waals surface area (Å²) in [5.41, 5.74) is 5.41. The number of carbonyl (C=O) groups excluding carboxylic acids is 1. The third-order valence-electron chi connectivity index (χ3n) is 3.99. The largest absolute Gasteiger partial charge is 0.369 e. The van der Waals surface area contributed by atoms with Crippen LogP contribution in [-0.4, -0.2) is 5.91 Å². The molecule has 0 saturated heterocycles. The molecule has 0 rings (SSSR count). The highest BCUT2D eigenvalue weighted by molar-refractivity contribution is 5.76. The van der Waals surface area contributed by atoms with Crippen molar-refractivity contribution in [3.8, 4) is 0 Å². The van der Waals surface area contributed by atoms with Crippen LogP contribution in [0.1, 0.15) is 84.0 Å². The lowest BCUT2D eigenvalue weighted by molar-refractivity contribution is -0.122. The molecule has 21 heavy (non-hydrogen) atoms. The molecule has 0 aliphatic rings. The van der Waals surface area contributed by atoms with Gasteiger partial charge in [0.2, 0.25) is 5.91 Å². The van der Waals surface area contributed by atoms with Crippen LogP contribution in [0.2, 0.25) is 0 Å². The van der Waals surface area contributed by atoms with Gasteiger partial charge in [-0.2, -0.15) is 0 Å². The number of rotatable bonds is 15. The fourth-order valence-electron chi connectivity index (χ4n) is 2.68. The number of allylic oxidation sites excluding steroid dienone is 3. The molecule has 0 spiro atoms. The number of carbonyl (C=O) groups is 1. The zero-order chi connectivity index (χ0) is 15.8. The van der Waals surface area contributed by atoms with Crippen molar-refractivity contribution in [2.45, 2.75) is 84.0 Å². The van der Waals surface area contributed by atoms with E-state index in [4.69, 9.17) is 5.73 Å². The first kappa shape index (κ1) is 19.9. The Balaban J connectivity index is 3.30. The molecule has 0 aromatic heterocycles. The Labute approximate surface area is 131 Å². The van der Waals surface area contributed by atoms with Gasteiger partial charge in [0, 0.05) is 5.92 Å². The molecule has 0 aromatic carbocycles. The van der Waals surface area contributed by atoms with Crippen molar-refractivity contribution in [3.63, 3.8) is 0 Å². The van der Waals surface area contributed by atoms with Gasteiger partial charge in [-0.15, -0.1) is 0 Å². The topological polar surface area (TPSA) is 43.1 Å². The van der Waals surface area contributed by atoms with Gasteiger partial charge in [0.25, 0.3) is 0 Å². The van der Waals surface area contributed by atoms with Crippen molar-refractivity contribution in [2.24, 2.45) is 11.7 Å². The number of unbranched alkanes of at least 4 members (excludes halogenated alkanes) is 8. The third-order valence-corrected chi connectivity index (χ3v) is 3.99. The minimum atomic E-state index is -0.109. The quantitative estimate of drug-likeness (QED) is 0.313. The number of hydrogen-bond donors (Lipinski definition) is 1. The summed E-state index contributed by atoms with van der Waals surface area (Å²) in [5.74, 6) is 0.000902. The molecule has 1 amide bonds. The molecule has 1 unspecified atom stereocenters. The molecule has 0 aliphatic carbocycles. The van der Waals surface area contributed by atoms with Crippen molar-refractivity contribution in [3.05, 3.63) is 24.8 Å². The second kappa shape index (κ2) is 15.3. The van der Waals surface area contributed by atoms with Gasteiger partial charge in [-0.25, -0.2) is 0 Å². The lowest BCUT2D eigenvalue weighted by Gasteiger charge is -2.11. The molecule has 0 aliphatic heterocycles. The van der Waals surface area contributed by atoms with Crippen molar-refractivity contribution >= 4 is 5.91 Å². The Bertz CT molecular complexity index is 283. The predicted octanol–water partition coefficient (Wildman–Crippen LogP) is 5.53. The van der Waals surface area contributed by atoms with Crippen LogP contribution in [0.4, 0.5) is 0 Å². The van der Waals surface area contributed by atoms with Gasteiger partial charge in [0.15, 0.2) is 0 Å². The third kappa shape index (κ3) is 13.7. The Morgan fingerprint density at radius 1 is 1.00 bits per heavy atom. The first-order chi connectivity index (χ1) is 10.2. The first-order valence-electron chi connectivity index (χ1n) is 8.79. The Morgan fingerprint density at radius 3 is 2.10 bits per heavy atom. The van der Waals surface area contributed by atoms with Crippen LogP contribution in [-0.2, 0) is 4.79 Å². The van der Waals surface area contributed by atoms with E-state index in [-0.39, 0.29) is 11.8 Å². The number of primary amides is 1. The first-order valence-corrected chi connectivity index (χ1v) is 8.79. The zero-order valence-electron chi connectivity index (χ0n) is 14.0. The monoisotopic (exact) mass is 293 g/mol. The molecule has 2 heteroatoms. The summed E-state index contributed by atoms with van der Waals surface area (Å²) < 4.78 is 0. The molecule has 0 aromatic rings. The van der Waals surface area contributed by atoms with Crippen LogP contribution in [0.25, 0.3) is 0 Å². The van der Waals surface area contributed by atoms with Crippen LogP contribution >= 0.6 is 0 Å². The standard InChI is InChI=1S/C19H35NO/c1-3-5-6-7-8-9-10-11-12-13-14-15-17-18(16-4-2)19(20)21/h3,5-6,18H,1,4,7-17H2,2H3,(H2,20,21). The molecule has 0 heterocycles. The van der Waals surface area contributed by atoms with Gasteiger partial charge in [0.05, 0.1) is 0 Å². The van der Waals surface area contributed by atoms with Gasteiger partial charge < -0.3 is 5.73 Å². The zero-order valence-corrected chi connectivity index (χ0v) is 14.0. The van der Waals surface area contributed by atoms with Crippen LogP contribution in [0.5, 0.6) is 0 Å². The number of amides is 1. The van der Waals surface area contributed by atoms with E-state index < -0.39 is 0 Å². The maximum Gasteiger partial charge on any atom is 0.220 e. The van der Waals surface area contributed by atoms with Gasteiger partial charge in [-0.05, 0) is 25.7 Å². The lowest BCUT2D eigenvalue weighted by Crippen LogP contribution is -2.23. The van der Waals surface area contributed by atoms with Gasteiger partial charge >= 0.3 is 0 Å². The minimum absolute atomic E-state index is 0.109. The smallest absolute Gasteiger partial charge is 0.220 e. The van der Waals surface area contributed by atoms with E-state index in [9.17, 15) is 4.79 Å². The molecule has 0 fully saturated rings. The highest BCUT2D eigenvalue weighted by Crippen LogP contribution is 2.17. The van der Waals surface area contributed by atoms with E-state index in [1.807, 2.05) is 12.2 Å². The Hall–Kier alpha value is -1.05. The summed E-state index contributed by atoms with van der Waals surface area (Å²) in [7, 11) is 0. The van der Waals surface area contributed by atoms with Crippen molar-refractivity contribution in [2.75, 3.05) is 0 Å². The summed E-state index contributed by atoms with van der Waals surface area (Å²) in [6, 6.07) is 0. The van der Waals surface area contributed by atoms with Crippen LogP contribution < -0.4 is 5.73 Å². The van der Waals surface area contributed by atoms with Gasteiger partial charge in [-0.3, -0.25) is 4.79 Å². The number of hydrogen-bond acceptors (Lipinski definition) is 1. The minimum Gasteiger partial charge on any atom is -0.369 e. The van der Waals surface area contributed by atoms with Gasteiger partial charge in [0.1, 0.15) is 0 Å². The fraction of sp³-hybridized carbons (Fsp3) is 0.737. The predicted molar refractivity (Wildman–Crippen MR) is 93.1 cm³/mol. The maximum atomic E-state index is 11.2. The Morgan fingerprint density at radius 2 is 1.57 bits per heavy atom. The molecular formula is C19H35NO. The highest BCUT2D eigenvalue weighted by Gasteiger charge is 2.12. The lowest BCUT2D eigenvalue weighted by atomic mass is 9.95. The van der Waals surface area contributed by atoms with E-state index in [1.54, 1.807) is 0 Å². The summed E-state index contributed by atoms with van der Waals surface area (Å²) >= 11 is 0. The maximum absolute atomic E-state index is 11.2. The SMILES string of the molecule is C=CC=CCCCCCCCCCCC(CCC)C(N)=O. The van der Waals surface area contributed by atoms with Crippen molar-refractivity contribution in [1.82, 2.24) is 0 Å². The van der Waals surface area contributed by atoms with E-state index in [0.29, 0.717) is 0 Å². The molecular weight excluding hydrogens is 258 g/mol. The van der Waals surface area contributed by atoms with Crippen molar-refractivity contribution < 1.29 is 4.79 Å². The average Bonchev–Trinajstić information content (AvgIpc) is 2.47. The summed E-state index contributed by atoms with van der Waals surface area (Å²) in [5, 5.41) is 0. The summed E-state index contributed by atoms with van der Waals surface area (Å²) in [6.07, 6.45) is 20.6. The van der Waals surface area contributed by atoms with Crippen LogP contribution in [0.3, 0.4) is 0 Å². The second-order valence-corrected chi connectivity index (χ2v) is 5.96. The van der Waals surface area contributed by atoms with E-state index >= 15 is 0 Å². The molecule has 0 saturated carbocycles. The fourth-order valence-corrected chi connectivity index (χ4v) is 2.68. The van der Waals surface area contributed by atoms with Gasteiger partial charge in [-0.1, -0.05) is 83.1 Å². The molecule has 122 valence electrons. The average molecular weight is 293 g/mol. The van der Waals surface area contributed by atoms with Crippen molar-refractivity contribution in [1.29, 1.82) is 0 Å². The molecule has 0 bridgehead atoms. The molecule has 2 N–H and O–H groups in total. The summed E-state index contributed by atoms with van der Waals surface area (Å²) in [4.78, 5) is 11.2. The normalized spacial score (nSPS) is 12.6. The summed E-state index contributed by atoms with van der Waals surface area (Å²) in [6.45, 7) is 5.78. The van der Waals surface area contributed by atoms with E-state index in [2.05, 4.69) is 19.6 Å². The molecule has 0 radical (unpaired) electrons. The highest BCUT2D eigenvalue weighted by atomic mass is 16.1. The molecule has 1 atom stereocenters. The second-order valence-electron chi connectivity index (χ2n) is 5.96.